The van der Waals surface area contributed by atoms with Crippen molar-refractivity contribution in [2.75, 3.05) is 4.90 Å². The molecule has 8 aromatic carbocycles. The van der Waals surface area contributed by atoms with Gasteiger partial charge in [0.1, 0.15) is 33.5 Å². The summed E-state index contributed by atoms with van der Waals surface area (Å²) in [5, 5.41) is 8.98. The topological polar surface area (TPSA) is 47.6 Å². The normalized spacial score (nSPS) is 12.2. The Morgan fingerprint density at radius 3 is 1.30 bits per heavy atom. The van der Waals surface area contributed by atoms with Crippen LogP contribution in [0.15, 0.2) is 183 Å². The van der Waals surface area contributed by atoms with Crippen LogP contribution in [0.1, 0.15) is 0 Å². The van der Waals surface area contributed by atoms with Crippen LogP contribution >= 0.6 is 0 Å². The molecule has 12 aromatic rings. The van der Waals surface area contributed by atoms with Gasteiger partial charge < -0.3 is 22.7 Å². The molecule has 5 nitrogen and oxygen atoms in total. The van der Waals surface area contributed by atoms with Crippen molar-refractivity contribution in [3.63, 3.8) is 0 Å². The van der Waals surface area contributed by atoms with Crippen molar-refractivity contribution in [1.29, 1.82) is 0 Å². The monoisotopic (exact) mass is 680 g/mol. The van der Waals surface area contributed by atoms with E-state index < -0.39 is 0 Å². The van der Waals surface area contributed by atoms with Crippen LogP contribution in [0.5, 0.6) is 0 Å². The number of nitrogens with zero attached hydrogens (tertiary/aromatic N) is 2. The molecular weight excluding hydrogens is 653 g/mol. The summed E-state index contributed by atoms with van der Waals surface area (Å²) < 4.78 is 21.8. The average molecular weight is 681 g/mol. The highest BCUT2D eigenvalue weighted by Gasteiger charge is 2.21. The molecule has 4 aromatic heterocycles. The van der Waals surface area contributed by atoms with E-state index >= 15 is 0 Å². The second-order valence-corrected chi connectivity index (χ2v) is 13.7. The summed E-state index contributed by atoms with van der Waals surface area (Å²) in [6, 6.07) is 59.4. The molecule has 0 spiro atoms. The largest absolute Gasteiger partial charge is 0.456 e. The third kappa shape index (κ3) is 4.07. The molecule has 0 aliphatic heterocycles. The van der Waals surface area contributed by atoms with E-state index in [-0.39, 0.29) is 0 Å². The van der Waals surface area contributed by atoms with E-state index in [1.807, 2.05) is 24.3 Å². The number of anilines is 3. The molecule has 53 heavy (non-hydrogen) atoms. The van der Waals surface area contributed by atoms with Crippen molar-refractivity contribution in [3.05, 3.63) is 170 Å². The predicted octanol–water partition coefficient (Wildman–Crippen LogP) is 14.0. The zero-order chi connectivity index (χ0) is 34.6. The Labute approximate surface area is 302 Å². The van der Waals surface area contributed by atoms with E-state index in [0.29, 0.717) is 0 Å². The zero-order valence-corrected chi connectivity index (χ0v) is 28.3. The van der Waals surface area contributed by atoms with E-state index in [1.165, 1.54) is 21.8 Å². The molecular formula is C48H28N2O3. The van der Waals surface area contributed by atoms with Crippen LogP contribution in [0.2, 0.25) is 0 Å². The van der Waals surface area contributed by atoms with Crippen molar-refractivity contribution >= 4 is 105 Å². The smallest absolute Gasteiger partial charge is 0.137 e. The lowest BCUT2D eigenvalue weighted by Crippen LogP contribution is -2.09. The summed E-state index contributed by atoms with van der Waals surface area (Å²) in [5.74, 6) is 0. The summed E-state index contributed by atoms with van der Waals surface area (Å²) in [5.41, 5.74) is 11.4. The highest BCUT2D eigenvalue weighted by Crippen LogP contribution is 2.44. The lowest BCUT2D eigenvalue weighted by molar-refractivity contribution is 0.669. The third-order valence-corrected chi connectivity index (χ3v) is 10.8. The first-order valence-corrected chi connectivity index (χ1v) is 17.8. The Balaban J connectivity index is 1.08. The minimum atomic E-state index is 0.811. The maximum Gasteiger partial charge on any atom is 0.137 e. The molecule has 0 atom stereocenters. The van der Waals surface area contributed by atoms with Crippen LogP contribution in [0, 0.1) is 0 Å². The van der Waals surface area contributed by atoms with Gasteiger partial charge in [-0.2, -0.15) is 0 Å². The fourth-order valence-corrected chi connectivity index (χ4v) is 8.46. The highest BCUT2D eigenvalue weighted by molar-refractivity contribution is 6.15. The lowest BCUT2D eigenvalue weighted by Gasteiger charge is -2.25. The average Bonchev–Trinajstić information content (AvgIpc) is 3.96. The molecule has 0 aliphatic rings. The summed E-state index contributed by atoms with van der Waals surface area (Å²) in [4.78, 5) is 2.25. The van der Waals surface area contributed by atoms with Crippen LogP contribution in [0.25, 0.3) is 93.3 Å². The van der Waals surface area contributed by atoms with Gasteiger partial charge in [0.15, 0.2) is 0 Å². The second-order valence-electron chi connectivity index (χ2n) is 13.7. The summed E-state index contributed by atoms with van der Waals surface area (Å²) in [6.45, 7) is 0. The SMILES string of the molecule is c1ccc2c(c1)oc1cc(N(c3ccc4c(c3)oc3ccccc34)c3ccc4c(c3)oc3cccc(-n5c6ccccc6c6ccccc65)c34)ccc12. The fraction of sp³-hybridized carbons (Fsp3) is 0. The minimum absolute atomic E-state index is 0.811. The number of benzene rings is 8. The van der Waals surface area contributed by atoms with E-state index in [1.54, 1.807) is 0 Å². The first kappa shape index (κ1) is 28.5. The Morgan fingerprint density at radius 1 is 0.321 bits per heavy atom. The second kappa shape index (κ2) is 10.6. The maximum absolute atomic E-state index is 6.72. The number of rotatable bonds is 4. The Kier molecular flexibility index (Phi) is 5.71. The Morgan fingerprint density at radius 2 is 0.736 bits per heavy atom. The van der Waals surface area contributed by atoms with Gasteiger partial charge >= 0.3 is 0 Å². The van der Waals surface area contributed by atoms with Crippen LogP contribution < -0.4 is 4.90 Å². The Bertz CT molecular complexity index is 3260. The molecule has 0 saturated carbocycles. The molecule has 12 rings (SSSR count). The number of furan rings is 3. The number of aromatic nitrogens is 1. The van der Waals surface area contributed by atoms with Gasteiger partial charge in [-0.25, -0.2) is 0 Å². The van der Waals surface area contributed by atoms with Crippen molar-refractivity contribution < 1.29 is 13.3 Å². The van der Waals surface area contributed by atoms with Crippen LogP contribution in [0.3, 0.4) is 0 Å². The van der Waals surface area contributed by atoms with Gasteiger partial charge in [0.25, 0.3) is 0 Å². The molecule has 0 bridgehead atoms. The first-order chi connectivity index (χ1) is 26.3. The minimum Gasteiger partial charge on any atom is -0.456 e. The van der Waals surface area contributed by atoms with Gasteiger partial charge in [-0.15, -0.1) is 0 Å². The summed E-state index contributed by atoms with van der Waals surface area (Å²) in [7, 11) is 0. The van der Waals surface area contributed by atoms with Crippen molar-refractivity contribution in [3.8, 4) is 5.69 Å². The molecule has 0 amide bonds. The van der Waals surface area contributed by atoms with E-state index in [9.17, 15) is 0 Å². The van der Waals surface area contributed by atoms with E-state index in [2.05, 4.69) is 155 Å². The first-order valence-electron chi connectivity index (χ1n) is 17.8. The van der Waals surface area contributed by atoms with Crippen molar-refractivity contribution in [2.24, 2.45) is 0 Å². The molecule has 0 aliphatic carbocycles. The third-order valence-electron chi connectivity index (χ3n) is 10.8. The van der Waals surface area contributed by atoms with Gasteiger partial charge in [0, 0.05) is 73.0 Å². The molecule has 0 unspecified atom stereocenters. The molecule has 0 N–H and O–H groups in total. The van der Waals surface area contributed by atoms with E-state index in [0.717, 1.165) is 88.6 Å². The van der Waals surface area contributed by atoms with Crippen LogP contribution in [0.4, 0.5) is 17.1 Å². The van der Waals surface area contributed by atoms with Gasteiger partial charge in [0.2, 0.25) is 0 Å². The van der Waals surface area contributed by atoms with Crippen molar-refractivity contribution in [2.45, 2.75) is 0 Å². The fourth-order valence-electron chi connectivity index (χ4n) is 8.46. The molecule has 0 saturated heterocycles. The predicted molar refractivity (Wildman–Crippen MR) is 217 cm³/mol. The highest BCUT2D eigenvalue weighted by atomic mass is 16.3. The molecule has 248 valence electrons. The van der Waals surface area contributed by atoms with Gasteiger partial charge in [-0.1, -0.05) is 78.9 Å². The number of hydrogen-bond acceptors (Lipinski definition) is 4. The molecule has 5 heteroatoms. The van der Waals surface area contributed by atoms with E-state index in [4.69, 9.17) is 13.3 Å². The number of hydrogen-bond donors (Lipinski definition) is 0. The summed E-state index contributed by atoms with van der Waals surface area (Å²) >= 11 is 0. The molecule has 0 radical (unpaired) electrons. The van der Waals surface area contributed by atoms with Gasteiger partial charge in [-0.3, -0.25) is 0 Å². The Hall–Kier alpha value is -7.24. The zero-order valence-electron chi connectivity index (χ0n) is 28.3. The van der Waals surface area contributed by atoms with Gasteiger partial charge in [0.05, 0.1) is 22.1 Å². The number of para-hydroxylation sites is 4. The molecule has 0 fully saturated rings. The van der Waals surface area contributed by atoms with Crippen LogP contribution in [-0.2, 0) is 0 Å². The van der Waals surface area contributed by atoms with Gasteiger partial charge in [-0.05, 0) is 72.8 Å². The lowest BCUT2D eigenvalue weighted by atomic mass is 10.1. The standard InChI is InChI=1S/C48H28N2O3/c1-5-14-39-32(10-1)33-11-2-6-15-40(33)50(39)41-16-9-19-44-48(41)38-25-22-31(28-47(38)53-44)49(29-20-23-36-34-12-3-7-17-42(34)51-45(36)26-29)30-21-24-37-35-13-4-8-18-43(35)52-46(37)27-30/h1-28H. The van der Waals surface area contributed by atoms with Crippen molar-refractivity contribution in [1.82, 2.24) is 4.57 Å². The molecule has 4 heterocycles. The van der Waals surface area contributed by atoms with Crippen LogP contribution in [-0.4, -0.2) is 4.57 Å². The number of fused-ring (bicyclic) bond motifs is 12. The summed E-state index contributed by atoms with van der Waals surface area (Å²) in [6.07, 6.45) is 0. The maximum atomic E-state index is 6.72. The quantitative estimate of drug-likeness (QED) is 0.186.